The zero-order chi connectivity index (χ0) is 11.6. The quantitative estimate of drug-likeness (QED) is 0.684. The molecule has 0 bridgehead atoms. The average Bonchev–Trinajstić information content (AvgIpc) is 2.21. The van der Waals surface area contributed by atoms with Crippen molar-refractivity contribution in [2.24, 2.45) is 5.92 Å². The van der Waals surface area contributed by atoms with Gasteiger partial charge in [0.05, 0.1) is 0 Å². The van der Waals surface area contributed by atoms with Crippen molar-refractivity contribution in [1.29, 1.82) is 0 Å². The fourth-order valence-electron chi connectivity index (χ4n) is 1.68. The zero-order valence-electron chi connectivity index (χ0n) is 10.3. The molecule has 0 N–H and O–H groups in total. The summed E-state index contributed by atoms with van der Waals surface area (Å²) in [6.45, 7) is 10.2. The van der Waals surface area contributed by atoms with Crippen molar-refractivity contribution in [3.63, 3.8) is 0 Å². The molecule has 0 heterocycles. The van der Waals surface area contributed by atoms with Crippen LogP contribution in [0.1, 0.15) is 47.3 Å². The molecule has 1 unspecified atom stereocenters. The van der Waals surface area contributed by atoms with E-state index in [-0.39, 0.29) is 11.7 Å². The van der Waals surface area contributed by atoms with Crippen LogP contribution in [0.3, 0.4) is 0 Å². The average molecular weight is 204 g/mol. The van der Waals surface area contributed by atoms with Crippen LogP contribution in [0.4, 0.5) is 0 Å². The van der Waals surface area contributed by atoms with Gasteiger partial charge in [0.1, 0.15) is 0 Å². The molecule has 1 aromatic rings. The van der Waals surface area contributed by atoms with Crippen molar-refractivity contribution in [1.82, 2.24) is 0 Å². The Balaban J connectivity index is 3.15. The summed E-state index contributed by atoms with van der Waals surface area (Å²) in [7, 11) is 0. The summed E-state index contributed by atoms with van der Waals surface area (Å²) in [4.78, 5) is 12.1. The minimum absolute atomic E-state index is 0.130. The zero-order valence-corrected chi connectivity index (χ0v) is 10.3. The fraction of sp³-hybridized carbons (Fsp3) is 0.500. The molecule has 1 nitrogen and oxygen atoms in total. The Morgan fingerprint density at radius 1 is 1.13 bits per heavy atom. The van der Waals surface area contributed by atoms with Gasteiger partial charge in [-0.05, 0) is 49.9 Å². The Morgan fingerprint density at radius 3 is 2.20 bits per heavy atom. The van der Waals surface area contributed by atoms with E-state index in [1.54, 1.807) is 0 Å². The van der Waals surface area contributed by atoms with Crippen molar-refractivity contribution in [3.8, 4) is 0 Å². The minimum atomic E-state index is 0.130. The van der Waals surface area contributed by atoms with Crippen LogP contribution in [-0.2, 0) is 0 Å². The molecule has 1 rings (SSSR count). The first kappa shape index (κ1) is 12.0. The molecule has 0 amide bonds. The largest absolute Gasteiger partial charge is 0.294 e. The van der Waals surface area contributed by atoms with Gasteiger partial charge in [0.25, 0.3) is 0 Å². The highest BCUT2D eigenvalue weighted by molar-refractivity contribution is 5.99. The second-order valence-corrected chi connectivity index (χ2v) is 4.42. The molecule has 15 heavy (non-hydrogen) atoms. The van der Waals surface area contributed by atoms with Crippen molar-refractivity contribution in [3.05, 3.63) is 34.4 Å². The molecule has 0 fully saturated rings. The molecular weight excluding hydrogens is 184 g/mol. The summed E-state index contributed by atoms with van der Waals surface area (Å²) in [6.07, 6.45) is 0.908. The van der Waals surface area contributed by atoms with E-state index in [0.717, 1.165) is 17.5 Å². The lowest BCUT2D eigenvalue weighted by Crippen LogP contribution is -2.12. The summed E-state index contributed by atoms with van der Waals surface area (Å²) in [5.41, 5.74) is 4.45. The Labute approximate surface area is 92.5 Å². The van der Waals surface area contributed by atoms with E-state index < -0.39 is 0 Å². The van der Waals surface area contributed by atoms with Crippen molar-refractivity contribution < 1.29 is 4.79 Å². The van der Waals surface area contributed by atoms with Crippen LogP contribution >= 0.6 is 0 Å². The van der Waals surface area contributed by atoms with E-state index in [2.05, 4.69) is 26.8 Å². The smallest absolute Gasteiger partial charge is 0.165 e. The second-order valence-electron chi connectivity index (χ2n) is 4.42. The maximum atomic E-state index is 12.1. The highest BCUT2D eigenvalue weighted by Gasteiger charge is 2.15. The first-order valence-corrected chi connectivity index (χ1v) is 5.59. The first-order valence-electron chi connectivity index (χ1n) is 5.59. The third kappa shape index (κ3) is 2.47. The lowest BCUT2D eigenvalue weighted by molar-refractivity contribution is 0.0926. The molecule has 0 saturated carbocycles. The number of ketones is 1. The Bertz CT molecular complexity index is 377. The molecule has 0 spiro atoms. The molecule has 0 aromatic heterocycles. The lowest BCUT2D eigenvalue weighted by atomic mass is 9.91. The number of benzene rings is 1. The van der Waals surface area contributed by atoms with Gasteiger partial charge in [0.15, 0.2) is 5.78 Å². The molecule has 0 saturated heterocycles. The predicted molar refractivity (Wildman–Crippen MR) is 64.4 cm³/mol. The number of carbonyl (C=O) groups is 1. The van der Waals surface area contributed by atoms with Gasteiger partial charge in [0, 0.05) is 11.5 Å². The summed E-state index contributed by atoms with van der Waals surface area (Å²) in [6, 6.07) is 4.13. The van der Waals surface area contributed by atoms with Crippen LogP contribution in [0.25, 0.3) is 0 Å². The first-order chi connectivity index (χ1) is 6.97. The van der Waals surface area contributed by atoms with E-state index in [1.165, 1.54) is 11.1 Å². The summed E-state index contributed by atoms with van der Waals surface area (Å²) in [5.74, 6) is 0.406. The van der Waals surface area contributed by atoms with E-state index in [9.17, 15) is 4.79 Å². The Morgan fingerprint density at radius 2 is 1.67 bits per heavy atom. The predicted octanol–water partition coefficient (Wildman–Crippen LogP) is 3.84. The molecule has 0 radical (unpaired) electrons. The fourth-order valence-corrected chi connectivity index (χ4v) is 1.68. The van der Waals surface area contributed by atoms with Gasteiger partial charge in [0.2, 0.25) is 0 Å². The SMILES string of the molecule is CCC(C)C(=O)c1cc(C)c(C)cc1C. The van der Waals surface area contributed by atoms with Crippen LogP contribution in [0, 0.1) is 26.7 Å². The van der Waals surface area contributed by atoms with Crippen LogP contribution in [0.15, 0.2) is 12.1 Å². The molecule has 1 atom stereocenters. The maximum Gasteiger partial charge on any atom is 0.165 e. The van der Waals surface area contributed by atoms with Gasteiger partial charge in [-0.2, -0.15) is 0 Å². The van der Waals surface area contributed by atoms with Crippen LogP contribution in [0.5, 0.6) is 0 Å². The molecule has 1 heteroatoms. The van der Waals surface area contributed by atoms with E-state index in [0.29, 0.717) is 0 Å². The lowest BCUT2D eigenvalue weighted by Gasteiger charge is -2.12. The van der Waals surface area contributed by atoms with Crippen LogP contribution in [0.2, 0.25) is 0 Å². The Hall–Kier alpha value is -1.11. The topological polar surface area (TPSA) is 17.1 Å². The van der Waals surface area contributed by atoms with E-state index >= 15 is 0 Å². The third-order valence-corrected chi connectivity index (χ3v) is 3.17. The van der Waals surface area contributed by atoms with Gasteiger partial charge in [-0.3, -0.25) is 4.79 Å². The van der Waals surface area contributed by atoms with Gasteiger partial charge in [-0.25, -0.2) is 0 Å². The maximum absolute atomic E-state index is 12.1. The van der Waals surface area contributed by atoms with Gasteiger partial charge >= 0.3 is 0 Å². The molecule has 82 valence electrons. The Kier molecular flexibility index (Phi) is 3.67. The van der Waals surface area contributed by atoms with E-state index in [4.69, 9.17) is 0 Å². The standard InChI is InChI=1S/C14H20O/c1-6-9(2)14(15)13-8-11(4)10(3)7-12(13)5/h7-9H,6H2,1-5H3. The van der Waals surface area contributed by atoms with Gasteiger partial charge in [-0.1, -0.05) is 19.9 Å². The van der Waals surface area contributed by atoms with Crippen molar-refractivity contribution in [2.75, 3.05) is 0 Å². The van der Waals surface area contributed by atoms with Crippen LogP contribution in [-0.4, -0.2) is 5.78 Å². The van der Waals surface area contributed by atoms with Gasteiger partial charge in [-0.15, -0.1) is 0 Å². The number of hydrogen-bond donors (Lipinski definition) is 0. The number of hydrogen-bond acceptors (Lipinski definition) is 1. The molecule has 1 aromatic carbocycles. The number of Topliss-reactive ketones (excluding diaryl/α,β-unsaturated/α-hetero) is 1. The molecule has 0 aliphatic heterocycles. The minimum Gasteiger partial charge on any atom is -0.294 e. The van der Waals surface area contributed by atoms with Gasteiger partial charge < -0.3 is 0 Å². The van der Waals surface area contributed by atoms with Crippen molar-refractivity contribution >= 4 is 5.78 Å². The monoisotopic (exact) mass is 204 g/mol. The molecule has 0 aliphatic carbocycles. The summed E-state index contributed by atoms with van der Waals surface area (Å²) in [5, 5.41) is 0. The summed E-state index contributed by atoms with van der Waals surface area (Å²) < 4.78 is 0. The van der Waals surface area contributed by atoms with Crippen molar-refractivity contribution in [2.45, 2.75) is 41.0 Å². The third-order valence-electron chi connectivity index (χ3n) is 3.17. The van der Waals surface area contributed by atoms with E-state index in [1.807, 2.05) is 19.9 Å². The highest BCUT2D eigenvalue weighted by Crippen LogP contribution is 2.19. The van der Waals surface area contributed by atoms with Crippen LogP contribution < -0.4 is 0 Å². The number of rotatable bonds is 3. The highest BCUT2D eigenvalue weighted by atomic mass is 16.1. The number of carbonyl (C=O) groups excluding carboxylic acids is 1. The molecular formula is C14H20O. The second kappa shape index (κ2) is 4.61. The molecule has 0 aliphatic rings. The summed E-state index contributed by atoms with van der Waals surface area (Å²) >= 11 is 0. The normalized spacial score (nSPS) is 12.6. The number of aryl methyl sites for hydroxylation is 3.